The summed E-state index contributed by atoms with van der Waals surface area (Å²) in [6.45, 7) is 6.58. The number of rotatable bonds is 6. The molecule has 1 aliphatic rings. The second-order valence-corrected chi connectivity index (χ2v) is 5.88. The lowest BCUT2D eigenvalue weighted by atomic mass is 9.64. The Balaban J connectivity index is 2.18. The summed E-state index contributed by atoms with van der Waals surface area (Å²) in [5.74, 6) is 0.509. The number of methoxy groups -OCH3 is 1. The Labute approximate surface area is 124 Å². The van der Waals surface area contributed by atoms with Gasteiger partial charge < -0.3 is 14.8 Å². The first-order valence-electron chi connectivity index (χ1n) is 7.10. The maximum absolute atomic E-state index is 11.0. The van der Waals surface area contributed by atoms with Gasteiger partial charge in [0.15, 0.2) is 0 Å². The Hall–Kier alpha value is -1.82. The molecule has 2 rings (SSSR count). The smallest absolute Gasteiger partial charge is 0.275 e. The lowest BCUT2D eigenvalue weighted by Gasteiger charge is -2.51. The molecule has 1 N–H and O–H groups in total. The second-order valence-electron chi connectivity index (χ2n) is 5.88. The van der Waals surface area contributed by atoms with Crippen LogP contribution >= 0.6 is 0 Å². The van der Waals surface area contributed by atoms with Crippen LogP contribution in [0.4, 0.5) is 11.4 Å². The van der Waals surface area contributed by atoms with E-state index >= 15 is 0 Å². The lowest BCUT2D eigenvalue weighted by Crippen LogP contribution is -2.57. The van der Waals surface area contributed by atoms with E-state index in [1.807, 2.05) is 6.92 Å². The average Bonchev–Trinajstić information content (AvgIpc) is 2.43. The lowest BCUT2D eigenvalue weighted by molar-refractivity contribution is -0.384. The van der Waals surface area contributed by atoms with Crippen molar-refractivity contribution in [2.24, 2.45) is 5.41 Å². The first-order chi connectivity index (χ1) is 9.88. The maximum Gasteiger partial charge on any atom is 0.275 e. The van der Waals surface area contributed by atoms with E-state index < -0.39 is 4.92 Å². The van der Waals surface area contributed by atoms with Gasteiger partial charge in [0.2, 0.25) is 0 Å². The average molecular weight is 294 g/mol. The molecule has 1 aliphatic carbocycles. The van der Waals surface area contributed by atoms with Crippen molar-refractivity contribution in [3.63, 3.8) is 0 Å². The third kappa shape index (κ3) is 3.10. The van der Waals surface area contributed by atoms with E-state index in [9.17, 15) is 10.1 Å². The molecule has 2 unspecified atom stereocenters. The first-order valence-corrected chi connectivity index (χ1v) is 7.10. The third-order valence-electron chi connectivity index (χ3n) is 4.22. The van der Waals surface area contributed by atoms with Gasteiger partial charge in [-0.2, -0.15) is 0 Å². The predicted molar refractivity (Wildman–Crippen MR) is 80.9 cm³/mol. The molecule has 0 radical (unpaired) electrons. The number of nitro groups is 1. The molecule has 1 aromatic rings. The largest absolute Gasteiger partial charge is 0.494 e. The van der Waals surface area contributed by atoms with Crippen LogP contribution in [0.25, 0.3) is 0 Å². The Bertz CT molecular complexity index is 530. The predicted octanol–water partition coefficient (Wildman–Crippen LogP) is 3.22. The number of nitrogens with one attached hydrogen (secondary N) is 1. The van der Waals surface area contributed by atoms with Crippen LogP contribution < -0.4 is 10.1 Å². The van der Waals surface area contributed by atoms with Gasteiger partial charge in [-0.3, -0.25) is 10.1 Å². The van der Waals surface area contributed by atoms with E-state index in [1.54, 1.807) is 19.2 Å². The van der Waals surface area contributed by atoms with Gasteiger partial charge >= 0.3 is 0 Å². The summed E-state index contributed by atoms with van der Waals surface area (Å²) in [6, 6.07) is 5.00. The molecule has 21 heavy (non-hydrogen) atoms. The van der Waals surface area contributed by atoms with Gasteiger partial charge in [-0.05, 0) is 13.3 Å². The van der Waals surface area contributed by atoms with Crippen molar-refractivity contribution < 1.29 is 14.4 Å². The van der Waals surface area contributed by atoms with Crippen molar-refractivity contribution in [3.05, 3.63) is 28.3 Å². The van der Waals surface area contributed by atoms with Gasteiger partial charge in [-0.15, -0.1) is 0 Å². The minimum atomic E-state index is -0.405. The van der Waals surface area contributed by atoms with Crippen molar-refractivity contribution >= 4 is 11.4 Å². The van der Waals surface area contributed by atoms with Crippen LogP contribution in [0.2, 0.25) is 0 Å². The van der Waals surface area contributed by atoms with Gasteiger partial charge in [0.1, 0.15) is 5.75 Å². The quantitative estimate of drug-likeness (QED) is 0.644. The van der Waals surface area contributed by atoms with E-state index in [1.165, 1.54) is 6.07 Å². The number of nitrogens with zero attached hydrogens (tertiary/aromatic N) is 1. The number of hydrogen-bond donors (Lipinski definition) is 1. The standard InChI is InChI=1S/C15H22N2O4/c1-5-21-12-7-10(6-11(8-12)17(18)19)16-13-9-14(20-4)15(13,2)3/h6-8,13-14,16H,5,9H2,1-4H3. The number of nitro benzene ring substituents is 1. The zero-order chi connectivity index (χ0) is 15.6. The zero-order valence-electron chi connectivity index (χ0n) is 12.9. The van der Waals surface area contributed by atoms with Crippen molar-refractivity contribution in [2.45, 2.75) is 39.3 Å². The normalized spacial score (nSPS) is 23.2. The van der Waals surface area contributed by atoms with E-state index in [-0.39, 0.29) is 23.2 Å². The highest BCUT2D eigenvalue weighted by Gasteiger charge is 2.48. The van der Waals surface area contributed by atoms with E-state index in [0.29, 0.717) is 18.0 Å². The summed E-state index contributed by atoms with van der Waals surface area (Å²) in [7, 11) is 1.71. The minimum absolute atomic E-state index is 0.00878. The topological polar surface area (TPSA) is 73.6 Å². The highest BCUT2D eigenvalue weighted by Crippen LogP contribution is 2.44. The summed E-state index contributed by atoms with van der Waals surface area (Å²) in [6.07, 6.45) is 1.09. The summed E-state index contributed by atoms with van der Waals surface area (Å²) >= 11 is 0. The number of hydrogen-bond acceptors (Lipinski definition) is 5. The molecule has 6 heteroatoms. The Morgan fingerprint density at radius 1 is 1.43 bits per heavy atom. The van der Waals surface area contributed by atoms with Crippen molar-refractivity contribution in [1.82, 2.24) is 0 Å². The number of non-ortho nitro benzene ring substituents is 1. The van der Waals surface area contributed by atoms with Crippen molar-refractivity contribution in [2.75, 3.05) is 19.0 Å². The molecule has 0 saturated heterocycles. The molecule has 1 aromatic carbocycles. The molecule has 0 aliphatic heterocycles. The summed E-state index contributed by atoms with van der Waals surface area (Å²) in [4.78, 5) is 10.6. The summed E-state index contributed by atoms with van der Waals surface area (Å²) in [5.41, 5.74) is 0.731. The van der Waals surface area contributed by atoms with Crippen LogP contribution in [-0.2, 0) is 4.74 Å². The maximum atomic E-state index is 11.0. The van der Waals surface area contributed by atoms with Crippen LogP contribution in [0.1, 0.15) is 27.2 Å². The molecule has 0 aromatic heterocycles. The molecule has 116 valence electrons. The Morgan fingerprint density at radius 2 is 2.14 bits per heavy atom. The molecule has 6 nitrogen and oxygen atoms in total. The Morgan fingerprint density at radius 3 is 2.67 bits per heavy atom. The molecule has 0 amide bonds. The molecule has 0 heterocycles. The highest BCUT2D eigenvalue weighted by molar-refractivity contribution is 5.57. The number of benzene rings is 1. The molecule has 0 bridgehead atoms. The Kier molecular flexibility index (Phi) is 4.37. The highest BCUT2D eigenvalue weighted by atomic mass is 16.6. The van der Waals surface area contributed by atoms with Gasteiger partial charge in [0.05, 0.1) is 23.7 Å². The first kappa shape index (κ1) is 15.6. The third-order valence-corrected chi connectivity index (χ3v) is 4.22. The fraction of sp³-hybridized carbons (Fsp3) is 0.600. The second kappa shape index (κ2) is 5.89. The summed E-state index contributed by atoms with van der Waals surface area (Å²) in [5, 5.41) is 14.4. The zero-order valence-corrected chi connectivity index (χ0v) is 12.9. The SMILES string of the molecule is CCOc1cc(NC2CC(OC)C2(C)C)cc([N+](=O)[O-])c1. The molecule has 0 spiro atoms. The van der Waals surface area contributed by atoms with E-state index in [0.717, 1.165) is 6.42 Å². The van der Waals surface area contributed by atoms with Gasteiger partial charge in [-0.1, -0.05) is 13.8 Å². The number of anilines is 1. The molecule has 1 saturated carbocycles. The van der Waals surface area contributed by atoms with Crippen molar-refractivity contribution in [1.29, 1.82) is 0 Å². The fourth-order valence-corrected chi connectivity index (χ4v) is 2.75. The van der Waals surface area contributed by atoms with Crippen LogP contribution in [0, 0.1) is 15.5 Å². The van der Waals surface area contributed by atoms with E-state index in [4.69, 9.17) is 9.47 Å². The van der Waals surface area contributed by atoms with Crippen LogP contribution in [0.5, 0.6) is 5.75 Å². The molecule has 2 atom stereocenters. The van der Waals surface area contributed by atoms with Crippen LogP contribution in [0.3, 0.4) is 0 Å². The molecule has 1 fully saturated rings. The van der Waals surface area contributed by atoms with E-state index in [2.05, 4.69) is 19.2 Å². The van der Waals surface area contributed by atoms with Gasteiger partial charge in [0.25, 0.3) is 5.69 Å². The minimum Gasteiger partial charge on any atom is -0.494 e. The van der Waals surface area contributed by atoms with Crippen molar-refractivity contribution in [3.8, 4) is 5.75 Å². The monoisotopic (exact) mass is 294 g/mol. The van der Waals surface area contributed by atoms with Gasteiger partial charge in [-0.25, -0.2) is 0 Å². The van der Waals surface area contributed by atoms with Crippen LogP contribution in [0.15, 0.2) is 18.2 Å². The van der Waals surface area contributed by atoms with Gasteiger partial charge in [0, 0.05) is 36.4 Å². The fourth-order valence-electron chi connectivity index (χ4n) is 2.75. The molecular formula is C15H22N2O4. The molecular weight excluding hydrogens is 272 g/mol. The number of ether oxygens (including phenoxy) is 2. The summed E-state index contributed by atoms with van der Waals surface area (Å²) < 4.78 is 10.8. The van der Waals surface area contributed by atoms with Crippen LogP contribution in [-0.4, -0.2) is 30.8 Å².